The van der Waals surface area contributed by atoms with Gasteiger partial charge in [0.05, 0.1) is 17.6 Å². The van der Waals surface area contributed by atoms with Crippen LogP contribution in [0.5, 0.6) is 5.75 Å². The van der Waals surface area contributed by atoms with Gasteiger partial charge in [0.15, 0.2) is 5.82 Å². The van der Waals surface area contributed by atoms with E-state index in [0.717, 1.165) is 16.5 Å². The topological polar surface area (TPSA) is 59.9 Å². The molecule has 2 aromatic heterocycles. The number of pyridine rings is 1. The van der Waals surface area contributed by atoms with E-state index in [2.05, 4.69) is 20.3 Å². The molecular weight excluding hydrogens is 367 g/mol. The number of rotatable bonds is 4. The highest BCUT2D eigenvalue weighted by Crippen LogP contribution is 2.30. The second kappa shape index (κ2) is 7.17. The van der Waals surface area contributed by atoms with E-state index in [9.17, 15) is 4.39 Å². The number of nitrogens with zero attached hydrogens (tertiary/aromatic N) is 3. The summed E-state index contributed by atoms with van der Waals surface area (Å²) in [5.74, 6) is 1.28. The van der Waals surface area contributed by atoms with Gasteiger partial charge in [-0.3, -0.25) is 4.98 Å². The molecule has 0 aliphatic rings. The van der Waals surface area contributed by atoms with Crippen LogP contribution in [0.4, 0.5) is 15.9 Å². The molecule has 0 saturated carbocycles. The largest absolute Gasteiger partial charge is 0.497 e. The number of hydrogen-bond donors (Lipinski definition) is 1. The fourth-order valence-electron chi connectivity index (χ4n) is 2.66. The van der Waals surface area contributed by atoms with Gasteiger partial charge in [-0.05, 0) is 48.5 Å². The molecule has 4 aromatic rings. The van der Waals surface area contributed by atoms with Gasteiger partial charge in [-0.1, -0.05) is 11.6 Å². The van der Waals surface area contributed by atoms with Crippen molar-refractivity contribution in [3.63, 3.8) is 0 Å². The van der Waals surface area contributed by atoms with E-state index in [4.69, 9.17) is 16.3 Å². The lowest BCUT2D eigenvalue weighted by Crippen LogP contribution is -2.00. The minimum atomic E-state index is -0.479. The predicted octanol–water partition coefficient (Wildman–Crippen LogP) is 5.24. The predicted molar refractivity (Wildman–Crippen MR) is 104 cm³/mol. The maximum absolute atomic E-state index is 13.5. The molecule has 0 fully saturated rings. The van der Waals surface area contributed by atoms with Crippen LogP contribution in [-0.2, 0) is 0 Å². The van der Waals surface area contributed by atoms with E-state index in [1.165, 1.54) is 12.1 Å². The molecule has 0 bridgehead atoms. The Morgan fingerprint density at radius 2 is 1.96 bits per heavy atom. The van der Waals surface area contributed by atoms with Crippen LogP contribution < -0.4 is 10.1 Å². The molecule has 27 heavy (non-hydrogen) atoms. The van der Waals surface area contributed by atoms with E-state index in [1.54, 1.807) is 25.6 Å². The van der Waals surface area contributed by atoms with Gasteiger partial charge in [0.1, 0.15) is 17.4 Å². The summed E-state index contributed by atoms with van der Waals surface area (Å²) >= 11 is 5.90. The zero-order valence-corrected chi connectivity index (χ0v) is 15.0. The smallest absolute Gasteiger partial charge is 0.163 e. The summed E-state index contributed by atoms with van der Waals surface area (Å²) in [7, 11) is 1.60. The number of aromatic nitrogens is 3. The van der Waals surface area contributed by atoms with Gasteiger partial charge < -0.3 is 10.1 Å². The zero-order valence-electron chi connectivity index (χ0n) is 14.3. The van der Waals surface area contributed by atoms with Crippen molar-refractivity contribution >= 4 is 34.0 Å². The van der Waals surface area contributed by atoms with Crippen LogP contribution in [0, 0.1) is 5.82 Å². The second-order valence-electron chi connectivity index (χ2n) is 5.77. The highest BCUT2D eigenvalue weighted by molar-refractivity contribution is 6.31. The van der Waals surface area contributed by atoms with Crippen LogP contribution in [-0.4, -0.2) is 22.1 Å². The highest BCUT2D eigenvalue weighted by Gasteiger charge is 2.12. The summed E-state index contributed by atoms with van der Waals surface area (Å²) in [6.07, 6.45) is 3.39. The second-order valence-corrected chi connectivity index (χ2v) is 6.18. The number of ether oxygens (including phenoxy) is 1. The van der Waals surface area contributed by atoms with Gasteiger partial charge in [-0.15, -0.1) is 0 Å². The molecular formula is C20H14ClFN4O. The molecule has 0 aliphatic heterocycles. The first-order valence-electron chi connectivity index (χ1n) is 8.12. The number of fused-ring (bicyclic) bond motifs is 1. The molecule has 2 heterocycles. The van der Waals surface area contributed by atoms with Crippen molar-refractivity contribution in [2.75, 3.05) is 12.4 Å². The molecule has 2 aromatic carbocycles. The molecule has 0 aliphatic carbocycles. The van der Waals surface area contributed by atoms with E-state index in [0.29, 0.717) is 23.1 Å². The molecule has 0 amide bonds. The van der Waals surface area contributed by atoms with E-state index in [-0.39, 0.29) is 5.02 Å². The zero-order chi connectivity index (χ0) is 18.8. The van der Waals surface area contributed by atoms with E-state index in [1.807, 2.05) is 30.3 Å². The van der Waals surface area contributed by atoms with Gasteiger partial charge in [0.25, 0.3) is 0 Å². The Hall–Kier alpha value is -3.25. The first-order chi connectivity index (χ1) is 13.1. The third-order valence-electron chi connectivity index (χ3n) is 4.00. The number of anilines is 2. The van der Waals surface area contributed by atoms with E-state index >= 15 is 0 Å². The lowest BCUT2D eigenvalue weighted by atomic mass is 10.2. The van der Waals surface area contributed by atoms with Gasteiger partial charge in [-0.25, -0.2) is 14.4 Å². The maximum atomic E-state index is 13.5. The number of methoxy groups -OCH3 is 1. The van der Waals surface area contributed by atoms with Crippen molar-refractivity contribution in [2.45, 2.75) is 0 Å². The average molecular weight is 381 g/mol. The maximum Gasteiger partial charge on any atom is 0.163 e. The fourth-order valence-corrected chi connectivity index (χ4v) is 2.85. The van der Waals surface area contributed by atoms with Crippen LogP contribution in [0.2, 0.25) is 5.02 Å². The number of nitrogens with one attached hydrogen (secondary N) is 1. The molecule has 0 spiro atoms. The Kier molecular flexibility index (Phi) is 4.56. The summed E-state index contributed by atoms with van der Waals surface area (Å²) in [4.78, 5) is 13.4. The van der Waals surface area contributed by atoms with Gasteiger partial charge in [0, 0.05) is 29.0 Å². The number of halogens is 2. The Morgan fingerprint density at radius 1 is 1.07 bits per heavy atom. The van der Waals surface area contributed by atoms with Crippen LogP contribution in [0.15, 0.2) is 60.9 Å². The molecule has 7 heteroatoms. The number of benzene rings is 2. The Morgan fingerprint density at radius 3 is 2.70 bits per heavy atom. The monoisotopic (exact) mass is 380 g/mol. The van der Waals surface area contributed by atoms with Crippen molar-refractivity contribution in [3.05, 3.63) is 71.8 Å². The quantitative estimate of drug-likeness (QED) is 0.525. The summed E-state index contributed by atoms with van der Waals surface area (Å²) < 4.78 is 18.8. The summed E-state index contributed by atoms with van der Waals surface area (Å²) in [6, 6.07) is 13.7. The van der Waals surface area contributed by atoms with Crippen LogP contribution in [0.25, 0.3) is 22.3 Å². The Balaban J connectivity index is 1.88. The normalized spacial score (nSPS) is 10.8. The fraction of sp³-hybridized carbons (Fsp3) is 0.0500. The minimum absolute atomic E-state index is 0.0309. The highest BCUT2D eigenvalue weighted by atomic mass is 35.5. The van der Waals surface area contributed by atoms with Crippen molar-refractivity contribution in [2.24, 2.45) is 0 Å². The molecule has 4 rings (SSSR count). The molecule has 134 valence electrons. The summed E-state index contributed by atoms with van der Waals surface area (Å²) in [6.45, 7) is 0. The van der Waals surface area contributed by atoms with Crippen molar-refractivity contribution in [3.8, 4) is 17.1 Å². The van der Waals surface area contributed by atoms with Crippen LogP contribution >= 0.6 is 11.6 Å². The number of hydrogen-bond acceptors (Lipinski definition) is 5. The van der Waals surface area contributed by atoms with Gasteiger partial charge in [-0.2, -0.15) is 0 Å². The lowest BCUT2D eigenvalue weighted by Gasteiger charge is -2.12. The van der Waals surface area contributed by atoms with Crippen LogP contribution in [0.3, 0.4) is 0 Å². The lowest BCUT2D eigenvalue weighted by molar-refractivity contribution is 0.415. The molecule has 5 nitrogen and oxygen atoms in total. The molecule has 0 saturated heterocycles. The van der Waals surface area contributed by atoms with Crippen molar-refractivity contribution < 1.29 is 9.13 Å². The third kappa shape index (κ3) is 3.52. The SMILES string of the molecule is COc1ccc2nc(-c3cccnc3)nc(Nc3ccc(F)c(Cl)c3)c2c1. The van der Waals surface area contributed by atoms with Crippen molar-refractivity contribution in [1.29, 1.82) is 0 Å². The molecule has 1 N–H and O–H groups in total. The van der Waals surface area contributed by atoms with Crippen molar-refractivity contribution in [1.82, 2.24) is 15.0 Å². The standard InChI is InChI=1S/C20H14ClFN4O/c1-27-14-5-7-18-15(10-14)20(24-13-4-6-17(22)16(21)9-13)26-19(25-18)12-3-2-8-23-11-12/h2-11H,1H3,(H,24,25,26). The molecule has 0 atom stereocenters. The van der Waals surface area contributed by atoms with E-state index < -0.39 is 5.82 Å². The summed E-state index contributed by atoms with van der Waals surface area (Å²) in [5.41, 5.74) is 2.14. The van der Waals surface area contributed by atoms with Gasteiger partial charge in [0.2, 0.25) is 0 Å². The first-order valence-corrected chi connectivity index (χ1v) is 8.50. The average Bonchev–Trinajstić information content (AvgIpc) is 2.71. The minimum Gasteiger partial charge on any atom is -0.497 e. The van der Waals surface area contributed by atoms with Crippen LogP contribution in [0.1, 0.15) is 0 Å². The third-order valence-corrected chi connectivity index (χ3v) is 4.29. The summed E-state index contributed by atoms with van der Waals surface area (Å²) in [5, 5.41) is 4.00. The van der Waals surface area contributed by atoms with Gasteiger partial charge >= 0.3 is 0 Å². The molecule has 0 unspecified atom stereocenters. The Bertz CT molecular complexity index is 1120. The first kappa shape index (κ1) is 17.2. The molecule has 0 radical (unpaired) electrons. The Labute approximate surface area is 159 Å².